The van der Waals surface area contributed by atoms with Gasteiger partial charge >= 0.3 is 0 Å². The minimum Gasteiger partial charge on any atom is -0.482 e. The van der Waals surface area contributed by atoms with Gasteiger partial charge in [-0.2, -0.15) is 5.10 Å². The lowest BCUT2D eigenvalue weighted by molar-refractivity contribution is 0.0673. The maximum atomic E-state index is 12.1. The van der Waals surface area contributed by atoms with Crippen molar-refractivity contribution < 1.29 is 14.3 Å². The molecule has 2 aromatic rings. The summed E-state index contributed by atoms with van der Waals surface area (Å²) >= 11 is 0. The van der Waals surface area contributed by atoms with Crippen molar-refractivity contribution in [3.05, 3.63) is 64.2 Å². The van der Waals surface area contributed by atoms with Crippen molar-refractivity contribution in [3.63, 3.8) is 0 Å². The van der Waals surface area contributed by atoms with Crippen molar-refractivity contribution in [2.75, 3.05) is 0 Å². The molecule has 0 spiro atoms. The summed E-state index contributed by atoms with van der Waals surface area (Å²) in [6, 6.07) is 10.7. The second-order valence-corrected chi connectivity index (χ2v) is 5.75. The number of aliphatic hydroxyl groups is 1. The summed E-state index contributed by atoms with van der Waals surface area (Å²) in [5.74, 6) is 5.21. The van der Waals surface area contributed by atoms with Gasteiger partial charge in [-0.15, -0.1) is 0 Å². The Balaban J connectivity index is 2.31. The zero-order valence-electron chi connectivity index (χ0n) is 13.1. The van der Waals surface area contributed by atoms with E-state index in [1.165, 1.54) is 18.5 Å². The van der Waals surface area contributed by atoms with Crippen LogP contribution in [0, 0.1) is 5.41 Å². The summed E-state index contributed by atoms with van der Waals surface area (Å²) < 4.78 is 11.0. The predicted molar refractivity (Wildman–Crippen MR) is 87.2 cm³/mol. The molecular weight excluding hydrogens is 296 g/mol. The van der Waals surface area contributed by atoms with E-state index < -0.39 is 11.5 Å². The van der Waals surface area contributed by atoms with Gasteiger partial charge in [0.05, 0.1) is 6.26 Å². The normalized spacial score (nSPS) is 13.2. The molecule has 0 radical (unpaired) electrons. The number of ether oxygens (including phenoxy) is 1. The van der Waals surface area contributed by atoms with E-state index in [-0.39, 0.29) is 23.5 Å². The Labute approximate surface area is 134 Å². The third-order valence-corrected chi connectivity index (χ3v) is 3.45. The number of rotatable bonds is 6. The Hall–Kier alpha value is -2.60. The first-order valence-electron chi connectivity index (χ1n) is 7.16. The molecule has 0 aliphatic heterocycles. The van der Waals surface area contributed by atoms with Crippen LogP contribution in [0.4, 0.5) is 0 Å². The summed E-state index contributed by atoms with van der Waals surface area (Å²) in [5, 5.41) is 14.0. The van der Waals surface area contributed by atoms with E-state index >= 15 is 0 Å². The fraction of sp³-hybridized carbons (Fsp3) is 0.294. The van der Waals surface area contributed by atoms with Gasteiger partial charge in [0.25, 0.3) is 0 Å². The Morgan fingerprint density at radius 3 is 2.70 bits per heavy atom. The third kappa shape index (κ3) is 3.98. The fourth-order valence-corrected chi connectivity index (χ4v) is 2.08. The molecule has 2 rings (SSSR count). The Morgan fingerprint density at radius 2 is 2.04 bits per heavy atom. The lowest BCUT2D eigenvalue weighted by Crippen LogP contribution is -2.26. The lowest BCUT2D eigenvalue weighted by atomic mass is 9.86. The molecule has 23 heavy (non-hydrogen) atoms. The van der Waals surface area contributed by atoms with E-state index in [0.29, 0.717) is 0 Å². The molecule has 0 saturated heterocycles. The summed E-state index contributed by atoms with van der Waals surface area (Å²) in [4.78, 5) is 12.1. The minimum atomic E-state index is -1.13. The summed E-state index contributed by atoms with van der Waals surface area (Å²) in [6.07, 6.45) is 1.49. The first kappa shape index (κ1) is 16.8. The van der Waals surface area contributed by atoms with Gasteiger partial charge in [-0.05, 0) is 5.56 Å². The fourth-order valence-electron chi connectivity index (χ4n) is 2.08. The van der Waals surface area contributed by atoms with Crippen molar-refractivity contribution in [1.29, 1.82) is 0 Å². The van der Waals surface area contributed by atoms with E-state index in [9.17, 15) is 9.90 Å². The van der Waals surface area contributed by atoms with E-state index in [0.717, 1.165) is 5.56 Å². The number of nitrogens with two attached hydrogens (primary N) is 1. The van der Waals surface area contributed by atoms with Gasteiger partial charge in [0.15, 0.2) is 5.76 Å². The SMILES string of the molecule is CC(C)(/C=N\N)C(O)c1occc(=O)c1OCc1ccccc1. The van der Waals surface area contributed by atoms with Crippen molar-refractivity contribution >= 4 is 6.21 Å². The first-order valence-corrected chi connectivity index (χ1v) is 7.16. The van der Waals surface area contributed by atoms with Crippen LogP contribution in [-0.4, -0.2) is 11.3 Å². The number of nitrogens with zero attached hydrogens (tertiary/aromatic N) is 1. The molecule has 6 heteroatoms. The summed E-state index contributed by atoms with van der Waals surface area (Å²) in [5.41, 5.74) is -0.280. The molecular formula is C17H20N2O4. The number of hydrogen-bond donors (Lipinski definition) is 2. The average Bonchev–Trinajstić information content (AvgIpc) is 2.53. The maximum absolute atomic E-state index is 12.1. The molecule has 0 amide bonds. The Kier molecular flexibility index (Phi) is 5.18. The molecule has 1 aromatic heterocycles. The summed E-state index contributed by atoms with van der Waals surface area (Å²) in [6.45, 7) is 3.64. The molecule has 1 aromatic carbocycles. The molecule has 0 bridgehead atoms. The van der Waals surface area contributed by atoms with Crippen LogP contribution in [0.3, 0.4) is 0 Å². The highest BCUT2D eigenvalue weighted by Gasteiger charge is 2.33. The molecule has 1 heterocycles. The molecule has 0 fully saturated rings. The topological polar surface area (TPSA) is 98.0 Å². The van der Waals surface area contributed by atoms with E-state index in [1.54, 1.807) is 13.8 Å². The van der Waals surface area contributed by atoms with Crippen LogP contribution in [0.5, 0.6) is 5.75 Å². The Morgan fingerprint density at radius 1 is 1.35 bits per heavy atom. The van der Waals surface area contributed by atoms with Gasteiger partial charge in [-0.25, -0.2) is 0 Å². The van der Waals surface area contributed by atoms with Gasteiger partial charge < -0.3 is 20.1 Å². The molecule has 1 unspecified atom stereocenters. The predicted octanol–water partition coefficient (Wildman–Crippen LogP) is 2.22. The zero-order chi connectivity index (χ0) is 16.9. The van der Waals surface area contributed by atoms with Crippen molar-refractivity contribution in [3.8, 4) is 5.75 Å². The van der Waals surface area contributed by atoms with Gasteiger partial charge in [-0.1, -0.05) is 44.2 Å². The van der Waals surface area contributed by atoms with Crippen LogP contribution in [0.25, 0.3) is 0 Å². The second-order valence-electron chi connectivity index (χ2n) is 5.75. The molecule has 0 saturated carbocycles. The average molecular weight is 316 g/mol. The largest absolute Gasteiger partial charge is 0.482 e. The number of hydrazone groups is 1. The van der Waals surface area contributed by atoms with Gasteiger partial charge in [0, 0.05) is 17.7 Å². The second kappa shape index (κ2) is 7.11. The quantitative estimate of drug-likeness (QED) is 0.484. The molecule has 6 nitrogen and oxygen atoms in total. The van der Waals surface area contributed by atoms with Crippen LogP contribution >= 0.6 is 0 Å². The molecule has 1 atom stereocenters. The smallest absolute Gasteiger partial charge is 0.227 e. The molecule has 0 aliphatic rings. The van der Waals surface area contributed by atoms with Crippen LogP contribution in [0.2, 0.25) is 0 Å². The highest BCUT2D eigenvalue weighted by Crippen LogP contribution is 2.35. The van der Waals surface area contributed by atoms with Crippen LogP contribution in [0.15, 0.2) is 57.0 Å². The van der Waals surface area contributed by atoms with Crippen LogP contribution < -0.4 is 16.0 Å². The highest BCUT2D eigenvalue weighted by molar-refractivity contribution is 5.65. The van der Waals surface area contributed by atoms with Crippen molar-refractivity contribution in [1.82, 2.24) is 0 Å². The van der Waals surface area contributed by atoms with Gasteiger partial charge in [-0.3, -0.25) is 4.79 Å². The van der Waals surface area contributed by atoms with E-state index in [4.69, 9.17) is 15.0 Å². The standard InChI is InChI=1S/C17H20N2O4/c1-17(2,11-19-18)16(21)15-14(13(20)8-9-22-15)23-10-12-6-4-3-5-7-12/h3-9,11,16,21H,10,18H2,1-2H3/b19-11-. The molecule has 3 N–H and O–H groups in total. The molecule has 0 aliphatic carbocycles. The van der Waals surface area contributed by atoms with E-state index in [1.807, 2.05) is 30.3 Å². The lowest BCUT2D eigenvalue weighted by Gasteiger charge is -2.25. The number of aliphatic hydroxyl groups excluding tert-OH is 1. The van der Waals surface area contributed by atoms with Gasteiger partial charge in [0.2, 0.25) is 11.2 Å². The maximum Gasteiger partial charge on any atom is 0.227 e. The van der Waals surface area contributed by atoms with Crippen molar-refractivity contribution in [2.24, 2.45) is 16.4 Å². The minimum absolute atomic E-state index is 0.0117. The summed E-state index contributed by atoms with van der Waals surface area (Å²) in [7, 11) is 0. The monoisotopic (exact) mass is 316 g/mol. The van der Waals surface area contributed by atoms with E-state index in [2.05, 4.69) is 5.10 Å². The first-order chi connectivity index (χ1) is 11.0. The van der Waals surface area contributed by atoms with Crippen LogP contribution in [-0.2, 0) is 6.61 Å². The molecule has 122 valence electrons. The number of hydrogen-bond acceptors (Lipinski definition) is 6. The third-order valence-electron chi connectivity index (χ3n) is 3.45. The van der Waals surface area contributed by atoms with Crippen LogP contribution in [0.1, 0.15) is 31.3 Å². The zero-order valence-corrected chi connectivity index (χ0v) is 13.1. The van der Waals surface area contributed by atoms with Gasteiger partial charge in [0.1, 0.15) is 12.7 Å². The van der Waals surface area contributed by atoms with Crippen molar-refractivity contribution in [2.45, 2.75) is 26.6 Å². The number of benzene rings is 1. The highest BCUT2D eigenvalue weighted by atomic mass is 16.5. The Bertz CT molecular complexity index is 723.